The molecule has 0 saturated heterocycles. The Hall–Kier alpha value is -1.40. The minimum atomic E-state index is -1.15. The summed E-state index contributed by atoms with van der Waals surface area (Å²) in [6, 6.07) is 5.59. The highest BCUT2D eigenvalue weighted by Crippen LogP contribution is 2.25. The Kier molecular flexibility index (Phi) is 3.98. The van der Waals surface area contributed by atoms with Gasteiger partial charge in [-0.3, -0.25) is 0 Å². The van der Waals surface area contributed by atoms with Crippen LogP contribution in [0.1, 0.15) is 15.2 Å². The maximum atomic E-state index is 13.0. The van der Waals surface area contributed by atoms with Gasteiger partial charge in [0.1, 0.15) is 5.82 Å². The number of carbonyl (C=O) groups is 1. The molecule has 0 unspecified atom stereocenters. The third kappa shape index (κ3) is 2.88. The van der Waals surface area contributed by atoms with Gasteiger partial charge in [0.2, 0.25) is 0 Å². The van der Waals surface area contributed by atoms with Gasteiger partial charge in [0.05, 0.1) is 12.1 Å². The van der Waals surface area contributed by atoms with Gasteiger partial charge < -0.3 is 10.4 Å². The van der Waals surface area contributed by atoms with Gasteiger partial charge >= 0.3 is 5.97 Å². The number of nitrogens with one attached hydrogen (secondary N) is 1. The van der Waals surface area contributed by atoms with Gasteiger partial charge in [-0.05, 0) is 45.6 Å². The Labute approximate surface area is 115 Å². The standard InChI is InChI=1S/C12H9BrFNO2S/c13-9-3-4-18-11(9)6-15-10-2-1-7(14)5-8(10)12(16)17/h1-5,15H,6H2,(H,16,17). The van der Waals surface area contributed by atoms with E-state index in [0.717, 1.165) is 15.4 Å². The third-order valence-corrected chi connectivity index (χ3v) is 4.27. The Morgan fingerprint density at radius 3 is 2.83 bits per heavy atom. The summed E-state index contributed by atoms with van der Waals surface area (Å²) >= 11 is 4.95. The molecular weight excluding hydrogens is 321 g/mol. The van der Waals surface area contributed by atoms with Gasteiger partial charge in [-0.1, -0.05) is 0 Å². The molecule has 3 nitrogen and oxygen atoms in total. The van der Waals surface area contributed by atoms with E-state index < -0.39 is 11.8 Å². The van der Waals surface area contributed by atoms with Crippen LogP contribution < -0.4 is 5.32 Å². The summed E-state index contributed by atoms with van der Waals surface area (Å²) in [5, 5.41) is 13.9. The van der Waals surface area contributed by atoms with Gasteiger partial charge in [0.25, 0.3) is 0 Å². The van der Waals surface area contributed by atoms with E-state index in [0.29, 0.717) is 12.2 Å². The normalized spacial score (nSPS) is 10.3. The summed E-state index contributed by atoms with van der Waals surface area (Å²) in [4.78, 5) is 12.0. The molecule has 0 spiro atoms. The number of halogens is 2. The third-order valence-electron chi connectivity index (χ3n) is 2.34. The van der Waals surface area contributed by atoms with Crippen LogP contribution in [0.2, 0.25) is 0 Å². The van der Waals surface area contributed by atoms with E-state index in [9.17, 15) is 9.18 Å². The molecule has 0 amide bonds. The second-order valence-corrected chi connectivity index (χ2v) is 5.40. The van der Waals surface area contributed by atoms with E-state index in [-0.39, 0.29) is 5.56 Å². The highest BCUT2D eigenvalue weighted by Gasteiger charge is 2.11. The van der Waals surface area contributed by atoms with Crippen molar-refractivity contribution >= 4 is 38.9 Å². The predicted octanol–water partition coefficient (Wildman–Crippen LogP) is 3.96. The summed E-state index contributed by atoms with van der Waals surface area (Å²) in [6.45, 7) is 0.490. The van der Waals surface area contributed by atoms with Crippen molar-refractivity contribution in [3.63, 3.8) is 0 Å². The fourth-order valence-corrected chi connectivity index (χ4v) is 2.91. The molecule has 94 valence electrons. The van der Waals surface area contributed by atoms with Crippen molar-refractivity contribution in [1.82, 2.24) is 0 Å². The summed E-state index contributed by atoms with van der Waals surface area (Å²) < 4.78 is 14.0. The Bertz CT molecular complexity index is 585. The van der Waals surface area contributed by atoms with E-state index in [1.165, 1.54) is 12.1 Å². The minimum absolute atomic E-state index is 0.0670. The zero-order valence-corrected chi connectivity index (χ0v) is 11.5. The van der Waals surface area contributed by atoms with Gasteiger partial charge in [-0.15, -0.1) is 11.3 Å². The number of hydrogen-bond donors (Lipinski definition) is 2. The van der Waals surface area contributed by atoms with Crippen LogP contribution in [0.5, 0.6) is 0 Å². The molecule has 0 radical (unpaired) electrons. The summed E-state index contributed by atoms with van der Waals surface area (Å²) in [5.74, 6) is -1.71. The van der Waals surface area contributed by atoms with Gasteiger partial charge in [0.15, 0.2) is 0 Å². The fourth-order valence-electron chi connectivity index (χ4n) is 1.47. The Morgan fingerprint density at radius 1 is 1.44 bits per heavy atom. The van der Waals surface area contributed by atoms with Gasteiger partial charge in [-0.2, -0.15) is 0 Å². The lowest BCUT2D eigenvalue weighted by atomic mass is 10.1. The minimum Gasteiger partial charge on any atom is -0.478 e. The molecule has 2 aromatic rings. The van der Waals surface area contributed by atoms with Crippen molar-refractivity contribution in [2.75, 3.05) is 5.32 Å². The lowest BCUT2D eigenvalue weighted by Crippen LogP contribution is -2.06. The molecule has 2 rings (SSSR count). The van der Waals surface area contributed by atoms with Crippen LogP contribution in [0, 0.1) is 5.82 Å². The lowest BCUT2D eigenvalue weighted by molar-refractivity contribution is 0.0697. The average Bonchev–Trinajstić information content (AvgIpc) is 2.73. The molecule has 0 fully saturated rings. The summed E-state index contributed by atoms with van der Waals surface area (Å²) in [5.41, 5.74) is 0.340. The number of hydrogen-bond acceptors (Lipinski definition) is 3. The predicted molar refractivity (Wildman–Crippen MR) is 72.7 cm³/mol. The number of rotatable bonds is 4. The molecule has 1 aromatic heterocycles. The monoisotopic (exact) mass is 329 g/mol. The molecule has 18 heavy (non-hydrogen) atoms. The lowest BCUT2D eigenvalue weighted by Gasteiger charge is -2.09. The van der Waals surface area contributed by atoms with Crippen LogP contribution in [-0.4, -0.2) is 11.1 Å². The highest BCUT2D eigenvalue weighted by molar-refractivity contribution is 9.10. The van der Waals surface area contributed by atoms with Crippen molar-refractivity contribution < 1.29 is 14.3 Å². The number of carboxylic acids is 1. The molecule has 0 atom stereocenters. The van der Waals surface area contributed by atoms with Crippen molar-refractivity contribution in [3.05, 3.63) is 50.4 Å². The number of aromatic carboxylic acids is 1. The fraction of sp³-hybridized carbons (Fsp3) is 0.0833. The molecule has 0 bridgehead atoms. The molecule has 2 N–H and O–H groups in total. The van der Waals surface area contributed by atoms with E-state index in [1.54, 1.807) is 11.3 Å². The van der Waals surface area contributed by atoms with Crippen LogP contribution in [0.15, 0.2) is 34.1 Å². The van der Waals surface area contributed by atoms with E-state index in [4.69, 9.17) is 5.11 Å². The first kappa shape index (κ1) is 13.0. The topological polar surface area (TPSA) is 49.3 Å². The number of thiophene rings is 1. The first-order chi connectivity index (χ1) is 8.58. The zero-order valence-electron chi connectivity index (χ0n) is 9.11. The number of anilines is 1. The molecule has 0 aliphatic rings. The second kappa shape index (κ2) is 5.49. The van der Waals surface area contributed by atoms with E-state index in [2.05, 4.69) is 21.2 Å². The van der Waals surface area contributed by atoms with Crippen LogP contribution in [0.4, 0.5) is 10.1 Å². The molecule has 0 aliphatic heterocycles. The molecular formula is C12H9BrFNO2S. The van der Waals surface area contributed by atoms with Crippen LogP contribution in [-0.2, 0) is 6.54 Å². The van der Waals surface area contributed by atoms with E-state index >= 15 is 0 Å². The quantitative estimate of drug-likeness (QED) is 0.892. The maximum absolute atomic E-state index is 13.0. The van der Waals surface area contributed by atoms with Crippen molar-refractivity contribution in [2.24, 2.45) is 0 Å². The first-order valence-electron chi connectivity index (χ1n) is 5.06. The van der Waals surface area contributed by atoms with Crippen LogP contribution >= 0.6 is 27.3 Å². The molecule has 0 aliphatic carbocycles. The molecule has 1 aromatic carbocycles. The van der Waals surface area contributed by atoms with Crippen LogP contribution in [0.25, 0.3) is 0 Å². The largest absolute Gasteiger partial charge is 0.478 e. The summed E-state index contributed by atoms with van der Waals surface area (Å²) in [7, 11) is 0. The van der Waals surface area contributed by atoms with Crippen molar-refractivity contribution in [3.8, 4) is 0 Å². The van der Waals surface area contributed by atoms with Crippen LogP contribution in [0.3, 0.4) is 0 Å². The highest BCUT2D eigenvalue weighted by atomic mass is 79.9. The second-order valence-electron chi connectivity index (χ2n) is 3.54. The first-order valence-corrected chi connectivity index (χ1v) is 6.74. The molecule has 0 saturated carbocycles. The van der Waals surface area contributed by atoms with Crippen molar-refractivity contribution in [1.29, 1.82) is 0 Å². The van der Waals surface area contributed by atoms with Gasteiger partial charge in [0, 0.05) is 15.0 Å². The zero-order chi connectivity index (χ0) is 13.1. The maximum Gasteiger partial charge on any atom is 0.337 e. The van der Waals surface area contributed by atoms with Gasteiger partial charge in [-0.25, -0.2) is 9.18 Å². The number of benzene rings is 1. The Morgan fingerprint density at radius 2 is 2.22 bits per heavy atom. The smallest absolute Gasteiger partial charge is 0.337 e. The number of carboxylic acid groups (broad SMARTS) is 1. The average molecular weight is 330 g/mol. The Balaban J connectivity index is 2.19. The summed E-state index contributed by atoms with van der Waals surface area (Å²) in [6.07, 6.45) is 0. The van der Waals surface area contributed by atoms with E-state index in [1.807, 2.05) is 11.4 Å². The SMILES string of the molecule is O=C(O)c1cc(F)ccc1NCc1sccc1Br. The molecule has 6 heteroatoms. The van der Waals surface area contributed by atoms with Crippen molar-refractivity contribution in [2.45, 2.75) is 6.54 Å². The molecule has 1 heterocycles.